The van der Waals surface area contributed by atoms with E-state index in [0.29, 0.717) is 11.3 Å². The molecule has 0 N–H and O–H groups in total. The van der Waals surface area contributed by atoms with Crippen LogP contribution in [0, 0.1) is 6.92 Å². The second kappa shape index (κ2) is 2.96. The van der Waals surface area contributed by atoms with Gasteiger partial charge in [-0.3, -0.25) is 0 Å². The fourth-order valence-electron chi connectivity index (χ4n) is 1.33. The van der Waals surface area contributed by atoms with Gasteiger partial charge in [0.25, 0.3) is 9.05 Å². The summed E-state index contributed by atoms with van der Waals surface area (Å²) in [5.74, 6) is 0. The molecule has 14 heavy (non-hydrogen) atoms. The van der Waals surface area contributed by atoms with Crippen molar-refractivity contribution in [1.82, 2.24) is 9.38 Å². The summed E-state index contributed by atoms with van der Waals surface area (Å²) in [7, 11) is 1.48. The Morgan fingerprint density at radius 3 is 2.71 bits per heavy atom. The normalized spacial score (nSPS) is 12.1. The van der Waals surface area contributed by atoms with Crippen LogP contribution >= 0.6 is 10.7 Å². The molecule has 0 aliphatic heterocycles. The molecule has 0 amide bonds. The molecule has 0 saturated carbocycles. The van der Waals surface area contributed by atoms with E-state index in [2.05, 4.69) is 4.98 Å². The average Bonchev–Trinajstić information content (AvgIpc) is 2.44. The highest BCUT2D eigenvalue weighted by Gasteiger charge is 2.19. The van der Waals surface area contributed by atoms with Crippen molar-refractivity contribution < 1.29 is 8.42 Å². The van der Waals surface area contributed by atoms with Gasteiger partial charge in [0.15, 0.2) is 5.03 Å². The smallest absolute Gasteiger partial charge is 0.280 e. The predicted molar refractivity (Wildman–Crippen MR) is 53.0 cm³/mol. The fraction of sp³-hybridized carbons (Fsp3) is 0.125. The van der Waals surface area contributed by atoms with Crippen LogP contribution in [-0.4, -0.2) is 17.8 Å². The molecule has 0 fully saturated rings. The molecule has 6 heteroatoms. The second-order valence-electron chi connectivity index (χ2n) is 2.87. The molecule has 2 heterocycles. The van der Waals surface area contributed by atoms with Gasteiger partial charge in [-0.2, -0.15) is 0 Å². The van der Waals surface area contributed by atoms with Gasteiger partial charge in [-0.05, 0) is 19.1 Å². The zero-order valence-electron chi connectivity index (χ0n) is 7.31. The Labute approximate surface area is 85.6 Å². The van der Waals surface area contributed by atoms with Crippen LogP contribution in [0.2, 0.25) is 0 Å². The van der Waals surface area contributed by atoms with Crippen molar-refractivity contribution in [2.75, 3.05) is 0 Å². The highest BCUT2D eigenvalue weighted by molar-refractivity contribution is 8.13. The summed E-state index contributed by atoms with van der Waals surface area (Å²) in [6.07, 6.45) is 1.74. The predicted octanol–water partition coefficient (Wildman–Crippen LogP) is 1.57. The molecule has 0 unspecified atom stereocenters. The summed E-state index contributed by atoms with van der Waals surface area (Å²) in [6.45, 7) is 1.66. The number of fused-ring (bicyclic) bond motifs is 1. The Kier molecular flexibility index (Phi) is 2.01. The average molecular weight is 231 g/mol. The Balaban J connectivity index is 2.89. The molecule has 0 saturated heterocycles. The Morgan fingerprint density at radius 1 is 1.43 bits per heavy atom. The van der Waals surface area contributed by atoms with Crippen molar-refractivity contribution in [2.24, 2.45) is 0 Å². The van der Waals surface area contributed by atoms with Gasteiger partial charge in [-0.15, -0.1) is 0 Å². The monoisotopic (exact) mass is 230 g/mol. The van der Waals surface area contributed by atoms with Gasteiger partial charge < -0.3 is 4.40 Å². The molecule has 0 atom stereocenters. The first-order chi connectivity index (χ1) is 6.50. The molecule has 0 bridgehead atoms. The Morgan fingerprint density at radius 2 is 2.14 bits per heavy atom. The first-order valence-corrected chi connectivity index (χ1v) is 6.19. The van der Waals surface area contributed by atoms with Crippen LogP contribution in [0.5, 0.6) is 0 Å². The summed E-state index contributed by atoms with van der Waals surface area (Å²) in [6, 6.07) is 5.30. The molecule has 2 rings (SSSR count). The molecule has 0 aliphatic rings. The number of halogens is 1. The number of hydrogen-bond donors (Lipinski definition) is 0. The van der Waals surface area contributed by atoms with Crippen LogP contribution in [0.4, 0.5) is 0 Å². The quantitative estimate of drug-likeness (QED) is 0.699. The van der Waals surface area contributed by atoms with Gasteiger partial charge in [0, 0.05) is 16.9 Å². The van der Waals surface area contributed by atoms with Gasteiger partial charge in [-0.1, -0.05) is 6.07 Å². The zero-order chi connectivity index (χ0) is 10.3. The van der Waals surface area contributed by atoms with E-state index in [9.17, 15) is 8.42 Å². The molecule has 0 radical (unpaired) electrons. The molecule has 0 aromatic carbocycles. The zero-order valence-corrected chi connectivity index (χ0v) is 8.88. The molecule has 74 valence electrons. The summed E-state index contributed by atoms with van der Waals surface area (Å²) in [4.78, 5) is 3.93. The number of pyridine rings is 1. The van der Waals surface area contributed by atoms with Crippen LogP contribution in [0.1, 0.15) is 5.69 Å². The van der Waals surface area contributed by atoms with E-state index >= 15 is 0 Å². The molecule has 0 spiro atoms. The summed E-state index contributed by atoms with van der Waals surface area (Å²) in [5.41, 5.74) is 1.10. The number of rotatable bonds is 1. The van der Waals surface area contributed by atoms with Crippen molar-refractivity contribution in [2.45, 2.75) is 11.9 Å². The lowest BCUT2D eigenvalue weighted by molar-refractivity contribution is 0.606. The third-order valence-electron chi connectivity index (χ3n) is 1.96. The van der Waals surface area contributed by atoms with E-state index < -0.39 is 9.05 Å². The van der Waals surface area contributed by atoms with E-state index in [1.165, 1.54) is 0 Å². The molecule has 2 aromatic rings. The molecule has 2 aromatic heterocycles. The lowest BCUT2D eigenvalue weighted by Crippen LogP contribution is -1.94. The molecule has 4 nitrogen and oxygen atoms in total. The van der Waals surface area contributed by atoms with E-state index in [4.69, 9.17) is 10.7 Å². The van der Waals surface area contributed by atoms with Crippen molar-refractivity contribution in [1.29, 1.82) is 0 Å². The van der Waals surface area contributed by atoms with E-state index in [1.54, 1.807) is 35.7 Å². The summed E-state index contributed by atoms with van der Waals surface area (Å²) in [5, 5.41) is -0.0784. The van der Waals surface area contributed by atoms with Crippen molar-refractivity contribution in [3.05, 3.63) is 30.1 Å². The van der Waals surface area contributed by atoms with Crippen LogP contribution < -0.4 is 0 Å². The summed E-state index contributed by atoms with van der Waals surface area (Å²) < 4.78 is 23.9. The molecular weight excluding hydrogens is 224 g/mol. The minimum Gasteiger partial charge on any atom is -0.303 e. The third kappa shape index (κ3) is 1.38. The van der Waals surface area contributed by atoms with Crippen LogP contribution in [0.15, 0.2) is 29.4 Å². The molecular formula is C8H7ClN2O2S. The van der Waals surface area contributed by atoms with Crippen LogP contribution in [0.3, 0.4) is 0 Å². The highest BCUT2D eigenvalue weighted by Crippen LogP contribution is 2.19. The van der Waals surface area contributed by atoms with Crippen LogP contribution in [0.25, 0.3) is 5.65 Å². The van der Waals surface area contributed by atoms with Gasteiger partial charge in [0.05, 0.1) is 5.69 Å². The number of aromatic nitrogens is 2. The second-order valence-corrected chi connectivity index (χ2v) is 5.35. The number of nitrogens with zero attached hydrogens (tertiary/aromatic N) is 2. The van der Waals surface area contributed by atoms with Gasteiger partial charge in [0.2, 0.25) is 0 Å². The number of hydrogen-bond acceptors (Lipinski definition) is 3. The fourth-order valence-corrected chi connectivity index (χ4v) is 2.42. The lowest BCUT2D eigenvalue weighted by Gasteiger charge is -1.93. The van der Waals surface area contributed by atoms with Crippen molar-refractivity contribution in [3.8, 4) is 0 Å². The third-order valence-corrected chi connectivity index (χ3v) is 3.24. The maximum Gasteiger partial charge on any atom is 0.280 e. The topological polar surface area (TPSA) is 51.4 Å². The minimum absolute atomic E-state index is 0.0784. The lowest BCUT2D eigenvalue weighted by atomic mass is 10.4. The van der Waals surface area contributed by atoms with E-state index in [1.807, 2.05) is 0 Å². The number of imidazole rings is 1. The van der Waals surface area contributed by atoms with Crippen molar-refractivity contribution in [3.63, 3.8) is 0 Å². The maximum absolute atomic E-state index is 11.1. The standard InChI is InChI=1S/C8H7ClN2O2S/c1-6-8(14(9,12)13)10-7-4-2-3-5-11(6)7/h2-5H,1H3. The minimum atomic E-state index is -3.76. The Hall–Kier alpha value is -1.07. The first-order valence-electron chi connectivity index (χ1n) is 3.88. The highest BCUT2D eigenvalue weighted by atomic mass is 35.7. The van der Waals surface area contributed by atoms with Crippen molar-refractivity contribution >= 4 is 25.4 Å². The van der Waals surface area contributed by atoms with Crippen LogP contribution in [-0.2, 0) is 9.05 Å². The largest absolute Gasteiger partial charge is 0.303 e. The van der Waals surface area contributed by atoms with Gasteiger partial charge in [0.1, 0.15) is 5.65 Å². The van der Waals surface area contributed by atoms with E-state index in [-0.39, 0.29) is 5.03 Å². The van der Waals surface area contributed by atoms with Gasteiger partial charge in [-0.25, -0.2) is 13.4 Å². The van der Waals surface area contributed by atoms with Gasteiger partial charge >= 0.3 is 0 Å². The maximum atomic E-state index is 11.1. The number of aryl methyl sites for hydroxylation is 1. The summed E-state index contributed by atoms with van der Waals surface area (Å²) >= 11 is 0. The molecule has 0 aliphatic carbocycles. The SMILES string of the molecule is Cc1c(S(=O)(=O)Cl)nc2ccccn12. The Bertz CT molecular complexity index is 588. The van der Waals surface area contributed by atoms with E-state index in [0.717, 1.165) is 0 Å². The first kappa shape index (κ1) is 9.48.